The Labute approximate surface area is 130 Å². The van der Waals surface area contributed by atoms with Gasteiger partial charge in [-0.1, -0.05) is 34.1 Å². The molecule has 0 unspecified atom stereocenters. The Balaban J connectivity index is 1.91. The van der Waals surface area contributed by atoms with Gasteiger partial charge in [0.25, 0.3) is 0 Å². The number of piperazine rings is 1. The molecule has 0 atom stereocenters. The fourth-order valence-electron chi connectivity index (χ4n) is 2.54. The van der Waals surface area contributed by atoms with E-state index in [4.69, 9.17) is 0 Å². The SMILES string of the molecule is CC(C)(C)N1CCN(C(=O)Cc2ccccc2Br)CC1. The predicted octanol–water partition coefficient (Wildman–Crippen LogP) is 2.93. The van der Waals surface area contributed by atoms with Crippen molar-refractivity contribution in [1.82, 2.24) is 9.80 Å². The lowest BCUT2D eigenvalue weighted by Crippen LogP contribution is -2.54. The van der Waals surface area contributed by atoms with Crippen molar-refractivity contribution < 1.29 is 4.79 Å². The lowest BCUT2D eigenvalue weighted by molar-refractivity contribution is -0.133. The maximum atomic E-state index is 12.4. The number of hydrogen-bond acceptors (Lipinski definition) is 2. The molecule has 1 aromatic carbocycles. The Bertz CT molecular complexity index is 474. The summed E-state index contributed by atoms with van der Waals surface area (Å²) in [6.07, 6.45) is 0.483. The summed E-state index contributed by atoms with van der Waals surface area (Å²) in [5.41, 5.74) is 1.26. The van der Waals surface area contributed by atoms with E-state index in [1.165, 1.54) is 0 Å². The van der Waals surface area contributed by atoms with Gasteiger partial charge in [0.2, 0.25) is 5.91 Å². The Kier molecular flexibility index (Phi) is 4.86. The summed E-state index contributed by atoms with van der Waals surface area (Å²) in [6.45, 7) is 10.3. The predicted molar refractivity (Wildman–Crippen MR) is 85.8 cm³/mol. The second-order valence-corrected chi connectivity index (χ2v) is 7.16. The molecule has 1 aliphatic rings. The van der Waals surface area contributed by atoms with E-state index in [2.05, 4.69) is 41.6 Å². The third-order valence-corrected chi connectivity index (χ3v) is 4.65. The highest BCUT2D eigenvalue weighted by atomic mass is 79.9. The lowest BCUT2D eigenvalue weighted by atomic mass is 10.0. The first-order chi connectivity index (χ1) is 9.38. The molecule has 110 valence electrons. The summed E-state index contributed by atoms with van der Waals surface area (Å²) in [5.74, 6) is 0.227. The van der Waals surface area contributed by atoms with Gasteiger partial charge in [-0.3, -0.25) is 9.69 Å². The molecular formula is C16H23BrN2O. The van der Waals surface area contributed by atoms with Crippen molar-refractivity contribution in [1.29, 1.82) is 0 Å². The van der Waals surface area contributed by atoms with E-state index in [-0.39, 0.29) is 11.4 Å². The zero-order chi connectivity index (χ0) is 14.8. The van der Waals surface area contributed by atoms with Crippen LogP contribution in [-0.4, -0.2) is 47.4 Å². The molecule has 1 fully saturated rings. The minimum absolute atomic E-state index is 0.192. The monoisotopic (exact) mass is 338 g/mol. The number of hydrogen-bond donors (Lipinski definition) is 0. The van der Waals surface area contributed by atoms with E-state index < -0.39 is 0 Å². The van der Waals surface area contributed by atoms with Crippen LogP contribution in [0, 0.1) is 0 Å². The molecule has 2 rings (SSSR count). The van der Waals surface area contributed by atoms with E-state index in [0.29, 0.717) is 6.42 Å². The number of carbonyl (C=O) groups is 1. The molecule has 1 amide bonds. The second kappa shape index (κ2) is 6.27. The summed E-state index contributed by atoms with van der Waals surface area (Å²) < 4.78 is 1.02. The third kappa shape index (κ3) is 3.83. The molecule has 0 N–H and O–H groups in total. The molecule has 20 heavy (non-hydrogen) atoms. The molecule has 1 aliphatic heterocycles. The Hall–Kier alpha value is -0.870. The molecule has 1 heterocycles. The van der Waals surface area contributed by atoms with Crippen molar-refractivity contribution in [3.05, 3.63) is 34.3 Å². The first-order valence-corrected chi connectivity index (χ1v) is 7.93. The fraction of sp³-hybridized carbons (Fsp3) is 0.562. The summed E-state index contributed by atoms with van der Waals surface area (Å²) in [4.78, 5) is 16.8. The van der Waals surface area contributed by atoms with Gasteiger partial charge in [-0.15, -0.1) is 0 Å². The number of rotatable bonds is 2. The molecule has 0 radical (unpaired) electrons. The molecular weight excluding hydrogens is 316 g/mol. The van der Waals surface area contributed by atoms with Gasteiger partial charge in [0.05, 0.1) is 6.42 Å². The molecule has 0 bridgehead atoms. The molecule has 1 saturated heterocycles. The number of halogens is 1. The summed E-state index contributed by atoms with van der Waals surface area (Å²) in [7, 11) is 0. The normalized spacial score (nSPS) is 17.3. The fourth-order valence-corrected chi connectivity index (χ4v) is 2.97. The summed E-state index contributed by atoms with van der Waals surface area (Å²) >= 11 is 3.51. The number of benzene rings is 1. The van der Waals surface area contributed by atoms with Crippen LogP contribution in [-0.2, 0) is 11.2 Å². The van der Waals surface area contributed by atoms with Crippen LogP contribution in [0.2, 0.25) is 0 Å². The minimum Gasteiger partial charge on any atom is -0.340 e. The largest absolute Gasteiger partial charge is 0.340 e. The summed E-state index contributed by atoms with van der Waals surface area (Å²) in [6, 6.07) is 7.94. The average molecular weight is 339 g/mol. The van der Waals surface area contributed by atoms with Crippen molar-refractivity contribution in [2.24, 2.45) is 0 Å². The van der Waals surface area contributed by atoms with Crippen LogP contribution in [0.1, 0.15) is 26.3 Å². The van der Waals surface area contributed by atoms with Gasteiger partial charge in [0.1, 0.15) is 0 Å². The van der Waals surface area contributed by atoms with Gasteiger partial charge in [-0.05, 0) is 32.4 Å². The molecule has 1 aromatic rings. The number of carbonyl (C=O) groups excluding carboxylic acids is 1. The van der Waals surface area contributed by atoms with Gasteiger partial charge in [-0.25, -0.2) is 0 Å². The number of nitrogens with zero attached hydrogens (tertiary/aromatic N) is 2. The highest BCUT2D eigenvalue weighted by molar-refractivity contribution is 9.10. The van der Waals surface area contributed by atoms with Crippen molar-refractivity contribution in [3.63, 3.8) is 0 Å². The van der Waals surface area contributed by atoms with E-state index in [0.717, 1.165) is 36.2 Å². The van der Waals surface area contributed by atoms with E-state index in [9.17, 15) is 4.79 Å². The molecule has 0 saturated carbocycles. The first kappa shape index (κ1) is 15.5. The molecule has 0 aliphatic carbocycles. The first-order valence-electron chi connectivity index (χ1n) is 7.14. The van der Waals surface area contributed by atoms with Gasteiger partial charge in [0, 0.05) is 36.2 Å². The van der Waals surface area contributed by atoms with Gasteiger partial charge in [0.15, 0.2) is 0 Å². The lowest BCUT2D eigenvalue weighted by Gasteiger charge is -2.42. The molecule has 4 heteroatoms. The van der Waals surface area contributed by atoms with Crippen molar-refractivity contribution in [2.75, 3.05) is 26.2 Å². The molecule has 0 spiro atoms. The zero-order valence-corrected chi connectivity index (χ0v) is 14.1. The zero-order valence-electron chi connectivity index (χ0n) is 12.5. The van der Waals surface area contributed by atoms with Gasteiger partial charge in [-0.2, -0.15) is 0 Å². The van der Waals surface area contributed by atoms with Gasteiger partial charge < -0.3 is 4.90 Å². The topological polar surface area (TPSA) is 23.6 Å². The van der Waals surface area contributed by atoms with Crippen LogP contribution in [0.3, 0.4) is 0 Å². The quantitative estimate of drug-likeness (QED) is 0.827. The van der Waals surface area contributed by atoms with Crippen molar-refractivity contribution in [2.45, 2.75) is 32.7 Å². The Morgan fingerprint density at radius 2 is 1.75 bits per heavy atom. The average Bonchev–Trinajstić information content (AvgIpc) is 2.40. The summed E-state index contributed by atoms with van der Waals surface area (Å²) in [5, 5.41) is 0. The van der Waals surface area contributed by atoms with Crippen LogP contribution in [0.4, 0.5) is 0 Å². The maximum Gasteiger partial charge on any atom is 0.227 e. The van der Waals surface area contributed by atoms with Crippen LogP contribution in [0.15, 0.2) is 28.7 Å². The molecule has 0 aromatic heterocycles. The van der Waals surface area contributed by atoms with Crippen molar-refractivity contribution >= 4 is 21.8 Å². The van der Waals surface area contributed by atoms with Gasteiger partial charge >= 0.3 is 0 Å². The number of amides is 1. The highest BCUT2D eigenvalue weighted by Crippen LogP contribution is 2.19. The minimum atomic E-state index is 0.192. The van der Waals surface area contributed by atoms with Crippen LogP contribution in [0.5, 0.6) is 0 Å². The maximum absolute atomic E-state index is 12.4. The van der Waals surface area contributed by atoms with E-state index in [1.54, 1.807) is 0 Å². The van der Waals surface area contributed by atoms with Crippen LogP contribution in [0.25, 0.3) is 0 Å². The Morgan fingerprint density at radius 3 is 2.30 bits per heavy atom. The van der Waals surface area contributed by atoms with E-state index in [1.807, 2.05) is 29.2 Å². The standard InChI is InChI=1S/C16H23BrN2O/c1-16(2,3)19-10-8-18(9-11-19)15(20)12-13-6-4-5-7-14(13)17/h4-7H,8-12H2,1-3H3. The third-order valence-electron chi connectivity index (χ3n) is 3.88. The van der Waals surface area contributed by atoms with E-state index >= 15 is 0 Å². The molecule has 3 nitrogen and oxygen atoms in total. The van der Waals surface area contributed by atoms with Crippen molar-refractivity contribution in [3.8, 4) is 0 Å². The second-order valence-electron chi connectivity index (χ2n) is 6.31. The smallest absolute Gasteiger partial charge is 0.227 e. The van der Waals surface area contributed by atoms with Crippen LogP contribution >= 0.6 is 15.9 Å². The Morgan fingerprint density at radius 1 is 1.15 bits per heavy atom. The van der Waals surface area contributed by atoms with Crippen LogP contribution < -0.4 is 0 Å². The highest BCUT2D eigenvalue weighted by Gasteiger charge is 2.27.